The van der Waals surface area contributed by atoms with E-state index in [9.17, 15) is 18.0 Å². The van der Waals surface area contributed by atoms with E-state index in [1.165, 1.54) is 6.07 Å². The molecule has 0 radical (unpaired) electrons. The number of piperidine rings is 1. The highest BCUT2D eigenvalue weighted by Crippen LogP contribution is 2.30. The van der Waals surface area contributed by atoms with Gasteiger partial charge in [0.15, 0.2) is 0 Å². The molecule has 3 rings (SSSR count). The van der Waals surface area contributed by atoms with Crippen molar-refractivity contribution >= 4 is 11.7 Å². The van der Waals surface area contributed by atoms with Crippen LogP contribution in [0.5, 0.6) is 0 Å². The van der Waals surface area contributed by atoms with E-state index in [1.54, 1.807) is 0 Å². The van der Waals surface area contributed by atoms with E-state index < -0.39 is 11.7 Å². The molecule has 1 unspecified atom stereocenters. The minimum absolute atomic E-state index is 0.0425. The number of nitrogens with zero attached hydrogens (tertiary/aromatic N) is 2. The number of anilines is 1. The Bertz CT molecular complexity index is 555. The summed E-state index contributed by atoms with van der Waals surface area (Å²) < 4.78 is 37.7. The van der Waals surface area contributed by atoms with Crippen LogP contribution in [0.3, 0.4) is 0 Å². The Morgan fingerprint density at radius 3 is 2.57 bits per heavy atom. The van der Waals surface area contributed by atoms with E-state index >= 15 is 0 Å². The maximum Gasteiger partial charge on any atom is 0.417 e. The molecule has 1 N–H and O–H groups in total. The van der Waals surface area contributed by atoms with Crippen LogP contribution < -0.4 is 10.2 Å². The van der Waals surface area contributed by atoms with Crippen molar-refractivity contribution in [1.29, 1.82) is 0 Å². The monoisotopic (exact) mass is 327 g/mol. The van der Waals surface area contributed by atoms with Gasteiger partial charge in [-0.15, -0.1) is 0 Å². The molecule has 0 aromatic carbocycles. The molecular formula is C16H20F3N3O. The molecule has 0 bridgehead atoms. The van der Waals surface area contributed by atoms with E-state index in [4.69, 9.17) is 0 Å². The van der Waals surface area contributed by atoms with Gasteiger partial charge in [-0.25, -0.2) is 4.98 Å². The van der Waals surface area contributed by atoms with Crippen molar-refractivity contribution in [2.24, 2.45) is 5.92 Å². The zero-order valence-electron chi connectivity index (χ0n) is 12.8. The first-order valence-electron chi connectivity index (χ1n) is 8.02. The smallest absolute Gasteiger partial charge is 0.355 e. The van der Waals surface area contributed by atoms with Crippen molar-refractivity contribution < 1.29 is 18.0 Å². The maximum absolute atomic E-state index is 12.6. The first kappa shape index (κ1) is 16.1. The van der Waals surface area contributed by atoms with Gasteiger partial charge in [0.1, 0.15) is 5.82 Å². The van der Waals surface area contributed by atoms with Crippen LogP contribution in [-0.4, -0.2) is 30.0 Å². The van der Waals surface area contributed by atoms with Gasteiger partial charge < -0.3 is 10.2 Å². The molecule has 2 aliphatic rings. The van der Waals surface area contributed by atoms with Crippen molar-refractivity contribution in [2.45, 2.75) is 44.3 Å². The van der Waals surface area contributed by atoms with E-state index in [-0.39, 0.29) is 17.9 Å². The highest BCUT2D eigenvalue weighted by Gasteiger charge is 2.32. The summed E-state index contributed by atoms with van der Waals surface area (Å²) in [5.74, 6) is 0.790. The van der Waals surface area contributed by atoms with Gasteiger partial charge in [0.05, 0.1) is 5.56 Å². The second-order valence-electron chi connectivity index (χ2n) is 6.32. The number of amides is 1. The topological polar surface area (TPSA) is 45.2 Å². The Morgan fingerprint density at radius 2 is 2.00 bits per heavy atom. The number of rotatable bonds is 3. The Balaban J connectivity index is 1.60. The lowest BCUT2D eigenvalue weighted by Gasteiger charge is -2.35. The molecule has 1 aromatic rings. The zero-order valence-corrected chi connectivity index (χ0v) is 12.8. The molecule has 1 aliphatic heterocycles. The first-order valence-corrected chi connectivity index (χ1v) is 8.02. The molecule has 1 aliphatic carbocycles. The summed E-state index contributed by atoms with van der Waals surface area (Å²) in [4.78, 5) is 17.9. The van der Waals surface area contributed by atoms with Crippen LogP contribution in [0.4, 0.5) is 19.0 Å². The number of hydrogen-bond acceptors (Lipinski definition) is 3. The van der Waals surface area contributed by atoms with Crippen LogP contribution in [0.15, 0.2) is 18.3 Å². The predicted octanol–water partition coefficient (Wildman–Crippen LogP) is 2.99. The highest BCUT2D eigenvalue weighted by molar-refractivity contribution is 5.79. The summed E-state index contributed by atoms with van der Waals surface area (Å²) in [6.45, 7) is 1.34. The maximum atomic E-state index is 12.6. The molecule has 126 valence electrons. The van der Waals surface area contributed by atoms with E-state index in [0.29, 0.717) is 12.4 Å². The second kappa shape index (κ2) is 6.37. The van der Waals surface area contributed by atoms with Gasteiger partial charge in [-0.2, -0.15) is 13.2 Å². The van der Waals surface area contributed by atoms with Crippen molar-refractivity contribution in [3.63, 3.8) is 0 Å². The van der Waals surface area contributed by atoms with E-state index in [0.717, 1.165) is 50.9 Å². The Kier molecular flexibility index (Phi) is 4.46. The van der Waals surface area contributed by atoms with Crippen LogP contribution in [0, 0.1) is 5.92 Å². The summed E-state index contributed by atoms with van der Waals surface area (Å²) in [6, 6.07) is 2.50. The van der Waals surface area contributed by atoms with Gasteiger partial charge in [0, 0.05) is 31.2 Å². The van der Waals surface area contributed by atoms with Crippen LogP contribution in [0.1, 0.15) is 37.7 Å². The standard InChI is InChI=1S/C16H20F3N3O/c17-16(18,19)12-6-7-14(20-9-12)22-8-2-5-13(10-22)21-15(23)11-3-1-4-11/h6-7,9,11,13H,1-5,8,10H2,(H,21,23). The average molecular weight is 327 g/mol. The van der Waals surface area contributed by atoms with Gasteiger partial charge in [-0.1, -0.05) is 6.42 Å². The molecule has 0 spiro atoms. The van der Waals surface area contributed by atoms with Crippen molar-refractivity contribution in [3.8, 4) is 0 Å². The summed E-state index contributed by atoms with van der Waals surface area (Å²) in [5.41, 5.74) is -0.743. The molecule has 2 heterocycles. The Hall–Kier alpha value is -1.79. The number of alkyl halides is 3. The third-order valence-electron chi connectivity index (χ3n) is 4.64. The molecule has 1 amide bonds. The molecule has 2 fully saturated rings. The summed E-state index contributed by atoms with van der Waals surface area (Å²) in [7, 11) is 0. The number of pyridine rings is 1. The predicted molar refractivity (Wildman–Crippen MR) is 80.0 cm³/mol. The fourth-order valence-corrected chi connectivity index (χ4v) is 3.03. The van der Waals surface area contributed by atoms with Crippen LogP contribution in [0.25, 0.3) is 0 Å². The highest BCUT2D eigenvalue weighted by atomic mass is 19.4. The molecule has 1 atom stereocenters. The average Bonchev–Trinajstić information content (AvgIpc) is 2.45. The van der Waals surface area contributed by atoms with Crippen molar-refractivity contribution in [1.82, 2.24) is 10.3 Å². The van der Waals surface area contributed by atoms with Crippen LogP contribution in [-0.2, 0) is 11.0 Å². The molecule has 1 saturated carbocycles. The quantitative estimate of drug-likeness (QED) is 0.928. The number of carbonyl (C=O) groups excluding carboxylic acids is 1. The normalized spacial score (nSPS) is 22.6. The molecular weight excluding hydrogens is 307 g/mol. The van der Waals surface area contributed by atoms with Gasteiger partial charge in [-0.3, -0.25) is 4.79 Å². The fraction of sp³-hybridized carbons (Fsp3) is 0.625. The zero-order chi connectivity index (χ0) is 16.4. The van der Waals surface area contributed by atoms with Crippen LogP contribution >= 0.6 is 0 Å². The SMILES string of the molecule is O=C(NC1CCCN(c2ccc(C(F)(F)F)cn2)C1)C1CCC1. The number of aromatic nitrogens is 1. The molecule has 23 heavy (non-hydrogen) atoms. The Labute approximate surface area is 133 Å². The lowest BCUT2D eigenvalue weighted by molar-refractivity contribution is -0.137. The number of carbonyl (C=O) groups is 1. The van der Waals surface area contributed by atoms with E-state index in [1.807, 2.05) is 4.90 Å². The number of hydrogen-bond donors (Lipinski definition) is 1. The lowest BCUT2D eigenvalue weighted by Crippen LogP contribution is -2.50. The fourth-order valence-electron chi connectivity index (χ4n) is 3.03. The minimum Gasteiger partial charge on any atom is -0.355 e. The third kappa shape index (κ3) is 3.76. The molecule has 4 nitrogen and oxygen atoms in total. The van der Waals surface area contributed by atoms with Gasteiger partial charge in [-0.05, 0) is 37.8 Å². The lowest BCUT2D eigenvalue weighted by atomic mass is 9.84. The van der Waals surface area contributed by atoms with Gasteiger partial charge in [0.2, 0.25) is 5.91 Å². The number of nitrogens with one attached hydrogen (secondary N) is 1. The minimum atomic E-state index is -4.37. The van der Waals surface area contributed by atoms with Crippen molar-refractivity contribution in [2.75, 3.05) is 18.0 Å². The largest absolute Gasteiger partial charge is 0.417 e. The van der Waals surface area contributed by atoms with Crippen LogP contribution in [0.2, 0.25) is 0 Å². The first-order chi connectivity index (χ1) is 10.9. The molecule has 1 saturated heterocycles. The second-order valence-corrected chi connectivity index (χ2v) is 6.32. The van der Waals surface area contributed by atoms with Gasteiger partial charge >= 0.3 is 6.18 Å². The molecule has 7 heteroatoms. The molecule has 1 aromatic heterocycles. The summed E-state index contributed by atoms with van der Waals surface area (Å²) >= 11 is 0. The Morgan fingerprint density at radius 1 is 1.22 bits per heavy atom. The van der Waals surface area contributed by atoms with E-state index in [2.05, 4.69) is 10.3 Å². The van der Waals surface area contributed by atoms with Crippen molar-refractivity contribution in [3.05, 3.63) is 23.9 Å². The van der Waals surface area contributed by atoms with Gasteiger partial charge in [0.25, 0.3) is 0 Å². The third-order valence-corrected chi connectivity index (χ3v) is 4.64. The number of halogens is 3. The summed E-state index contributed by atoms with van der Waals surface area (Å²) in [5, 5.41) is 3.07. The summed E-state index contributed by atoms with van der Waals surface area (Å²) in [6.07, 6.45) is 1.32.